The van der Waals surface area contributed by atoms with Crippen LogP contribution in [-0.2, 0) is 11.2 Å². The number of hydrogen-bond acceptors (Lipinski definition) is 2. The van der Waals surface area contributed by atoms with Crippen LogP contribution < -0.4 is 5.73 Å². The number of piperidine rings is 1. The van der Waals surface area contributed by atoms with Gasteiger partial charge in [-0.2, -0.15) is 0 Å². The summed E-state index contributed by atoms with van der Waals surface area (Å²) < 4.78 is 0. The summed E-state index contributed by atoms with van der Waals surface area (Å²) in [6.07, 6.45) is 6.37. The van der Waals surface area contributed by atoms with Crippen LogP contribution in [0.3, 0.4) is 0 Å². The fourth-order valence-corrected chi connectivity index (χ4v) is 3.36. The second-order valence-electron chi connectivity index (χ2n) is 6.72. The van der Waals surface area contributed by atoms with Gasteiger partial charge in [-0.1, -0.05) is 30.3 Å². The zero-order valence-electron chi connectivity index (χ0n) is 12.7. The van der Waals surface area contributed by atoms with Crippen LogP contribution >= 0.6 is 0 Å². The fourth-order valence-electron chi connectivity index (χ4n) is 3.36. The van der Waals surface area contributed by atoms with Gasteiger partial charge < -0.3 is 10.6 Å². The summed E-state index contributed by atoms with van der Waals surface area (Å²) in [6.45, 7) is 1.82. The van der Waals surface area contributed by atoms with E-state index in [1.807, 2.05) is 4.90 Å². The number of benzene rings is 1. The van der Waals surface area contributed by atoms with E-state index >= 15 is 0 Å². The summed E-state index contributed by atoms with van der Waals surface area (Å²) in [6, 6.07) is 10.8. The van der Waals surface area contributed by atoms with Gasteiger partial charge in [0.05, 0.1) is 0 Å². The lowest BCUT2D eigenvalue weighted by Gasteiger charge is -2.32. The molecule has 0 aromatic heterocycles. The summed E-state index contributed by atoms with van der Waals surface area (Å²) in [5.74, 6) is 1.60. The van der Waals surface area contributed by atoms with E-state index in [4.69, 9.17) is 5.73 Å². The molecule has 3 nitrogen and oxygen atoms in total. The lowest BCUT2D eigenvalue weighted by molar-refractivity contribution is -0.133. The minimum atomic E-state index is 0.0968. The fraction of sp³-hybridized carbons (Fsp3) is 0.611. The number of nitrogens with zero attached hydrogens (tertiary/aromatic N) is 1. The van der Waals surface area contributed by atoms with Gasteiger partial charge in [0.25, 0.3) is 0 Å². The van der Waals surface area contributed by atoms with Crippen molar-refractivity contribution in [2.75, 3.05) is 13.1 Å². The van der Waals surface area contributed by atoms with Crippen LogP contribution in [0.2, 0.25) is 0 Å². The van der Waals surface area contributed by atoms with E-state index in [1.54, 1.807) is 0 Å². The number of hydrogen-bond donors (Lipinski definition) is 1. The Hall–Kier alpha value is -1.35. The Bertz CT molecular complexity index is 461. The Labute approximate surface area is 127 Å². The van der Waals surface area contributed by atoms with Gasteiger partial charge >= 0.3 is 0 Å². The molecule has 114 valence electrons. The molecular formula is C18H26N2O. The molecule has 1 saturated heterocycles. The molecule has 0 bridgehead atoms. The molecule has 1 amide bonds. The highest BCUT2D eigenvalue weighted by Crippen LogP contribution is 2.33. The summed E-state index contributed by atoms with van der Waals surface area (Å²) in [5, 5.41) is 0. The van der Waals surface area contributed by atoms with E-state index in [2.05, 4.69) is 30.3 Å². The smallest absolute Gasteiger partial charge is 0.224 e. The van der Waals surface area contributed by atoms with Crippen LogP contribution in [0.4, 0.5) is 0 Å². The molecule has 21 heavy (non-hydrogen) atoms. The van der Waals surface area contributed by atoms with Crippen molar-refractivity contribution in [1.82, 2.24) is 4.90 Å². The number of nitrogens with two attached hydrogens (primary N) is 1. The number of likely N-dealkylation sites (tertiary alicyclic amines) is 1. The molecule has 1 aliphatic carbocycles. The number of carbonyl (C=O) groups excluding carboxylic acids is 1. The Morgan fingerprint density at radius 2 is 1.81 bits per heavy atom. The van der Waals surface area contributed by atoms with Crippen molar-refractivity contribution in [2.24, 2.45) is 17.6 Å². The molecule has 1 atom stereocenters. The van der Waals surface area contributed by atoms with E-state index in [0.717, 1.165) is 32.4 Å². The minimum absolute atomic E-state index is 0.0968. The molecule has 0 spiro atoms. The molecule has 2 aliphatic rings. The van der Waals surface area contributed by atoms with E-state index in [-0.39, 0.29) is 11.9 Å². The average Bonchev–Trinajstić information content (AvgIpc) is 3.33. The molecule has 3 rings (SSSR count). The molecule has 3 heteroatoms. The van der Waals surface area contributed by atoms with Crippen LogP contribution in [0.15, 0.2) is 30.3 Å². The zero-order valence-corrected chi connectivity index (χ0v) is 12.7. The van der Waals surface area contributed by atoms with Gasteiger partial charge in [-0.25, -0.2) is 0 Å². The highest BCUT2D eigenvalue weighted by molar-refractivity contribution is 5.77. The first-order chi connectivity index (χ1) is 10.2. The van der Waals surface area contributed by atoms with E-state index in [1.165, 1.54) is 18.4 Å². The van der Waals surface area contributed by atoms with Crippen LogP contribution in [0.5, 0.6) is 0 Å². The van der Waals surface area contributed by atoms with E-state index < -0.39 is 0 Å². The van der Waals surface area contributed by atoms with Crippen molar-refractivity contribution >= 4 is 5.91 Å². The maximum absolute atomic E-state index is 12.3. The zero-order chi connectivity index (χ0) is 14.7. The maximum atomic E-state index is 12.3. The molecule has 1 aromatic carbocycles. The van der Waals surface area contributed by atoms with Crippen molar-refractivity contribution < 1.29 is 4.79 Å². The van der Waals surface area contributed by atoms with Crippen LogP contribution in [0.1, 0.15) is 37.7 Å². The normalized spacial score (nSPS) is 21.3. The third-order valence-corrected chi connectivity index (χ3v) is 4.97. The molecule has 1 saturated carbocycles. The average molecular weight is 286 g/mol. The molecule has 2 N–H and O–H groups in total. The van der Waals surface area contributed by atoms with Crippen molar-refractivity contribution in [3.8, 4) is 0 Å². The SMILES string of the molecule is N[C@H](CC(=O)N1CCC(Cc2ccccc2)CC1)C1CC1. The molecular weight excluding hydrogens is 260 g/mol. The van der Waals surface area contributed by atoms with Gasteiger partial charge in [0.1, 0.15) is 0 Å². The second kappa shape index (κ2) is 6.61. The van der Waals surface area contributed by atoms with Crippen molar-refractivity contribution in [1.29, 1.82) is 0 Å². The molecule has 1 heterocycles. The van der Waals surface area contributed by atoms with Gasteiger partial charge in [0.15, 0.2) is 0 Å². The third kappa shape index (κ3) is 4.07. The monoisotopic (exact) mass is 286 g/mol. The van der Waals surface area contributed by atoms with Crippen LogP contribution in [0.25, 0.3) is 0 Å². The first-order valence-electron chi connectivity index (χ1n) is 8.29. The van der Waals surface area contributed by atoms with Crippen molar-refractivity contribution in [3.63, 3.8) is 0 Å². The predicted molar refractivity (Wildman–Crippen MR) is 84.8 cm³/mol. The maximum Gasteiger partial charge on any atom is 0.224 e. The van der Waals surface area contributed by atoms with Gasteiger partial charge in [-0.05, 0) is 49.5 Å². The molecule has 1 aliphatic heterocycles. The first-order valence-corrected chi connectivity index (χ1v) is 8.29. The minimum Gasteiger partial charge on any atom is -0.343 e. The number of carbonyl (C=O) groups is 1. The van der Waals surface area contributed by atoms with Gasteiger partial charge in [0.2, 0.25) is 5.91 Å². The largest absolute Gasteiger partial charge is 0.343 e. The summed E-state index contributed by atoms with van der Waals surface area (Å²) >= 11 is 0. The third-order valence-electron chi connectivity index (χ3n) is 4.97. The van der Waals surface area contributed by atoms with Gasteiger partial charge in [-0.15, -0.1) is 0 Å². The van der Waals surface area contributed by atoms with Crippen LogP contribution in [-0.4, -0.2) is 29.9 Å². The Balaban J connectivity index is 1.43. The molecule has 2 fully saturated rings. The summed E-state index contributed by atoms with van der Waals surface area (Å²) in [7, 11) is 0. The Morgan fingerprint density at radius 1 is 1.14 bits per heavy atom. The number of amides is 1. The van der Waals surface area contributed by atoms with Crippen molar-refractivity contribution in [2.45, 2.75) is 44.6 Å². The topological polar surface area (TPSA) is 46.3 Å². The highest BCUT2D eigenvalue weighted by Gasteiger charge is 2.31. The van der Waals surface area contributed by atoms with E-state index in [9.17, 15) is 4.79 Å². The molecule has 0 radical (unpaired) electrons. The highest BCUT2D eigenvalue weighted by atomic mass is 16.2. The lowest BCUT2D eigenvalue weighted by Crippen LogP contribution is -2.41. The van der Waals surface area contributed by atoms with Crippen LogP contribution in [0, 0.1) is 11.8 Å². The quantitative estimate of drug-likeness (QED) is 0.904. The Kier molecular flexibility index (Phi) is 4.59. The first kappa shape index (κ1) is 14.6. The predicted octanol–water partition coefficient (Wildman–Crippen LogP) is 2.60. The lowest BCUT2D eigenvalue weighted by atomic mass is 9.90. The molecule has 0 unspecified atom stereocenters. The van der Waals surface area contributed by atoms with Gasteiger partial charge in [-0.3, -0.25) is 4.79 Å². The standard InChI is InChI=1S/C18H26N2O/c19-17(16-6-7-16)13-18(21)20-10-8-15(9-11-20)12-14-4-2-1-3-5-14/h1-5,15-17H,6-13,19H2/t17-/m1/s1. The summed E-state index contributed by atoms with van der Waals surface area (Å²) in [4.78, 5) is 14.3. The Morgan fingerprint density at radius 3 is 2.43 bits per heavy atom. The summed E-state index contributed by atoms with van der Waals surface area (Å²) in [5.41, 5.74) is 7.48. The second-order valence-corrected chi connectivity index (χ2v) is 6.72. The molecule has 1 aromatic rings. The van der Waals surface area contributed by atoms with Gasteiger partial charge in [0, 0.05) is 25.6 Å². The van der Waals surface area contributed by atoms with E-state index in [0.29, 0.717) is 18.3 Å². The van der Waals surface area contributed by atoms with Crippen molar-refractivity contribution in [3.05, 3.63) is 35.9 Å². The number of rotatable bonds is 5.